The zero-order valence-electron chi connectivity index (χ0n) is 10.1. The molecular formula is C13H12F2N2O2. The van der Waals surface area contributed by atoms with Gasteiger partial charge in [0.1, 0.15) is 0 Å². The van der Waals surface area contributed by atoms with Crippen molar-refractivity contribution in [2.45, 2.75) is 24.8 Å². The predicted molar refractivity (Wildman–Crippen MR) is 62.5 cm³/mol. The number of imide groups is 1. The van der Waals surface area contributed by atoms with E-state index in [2.05, 4.69) is 0 Å². The number of amides is 2. The van der Waals surface area contributed by atoms with E-state index >= 15 is 0 Å². The van der Waals surface area contributed by atoms with E-state index in [1.54, 1.807) is 0 Å². The second kappa shape index (κ2) is 3.84. The van der Waals surface area contributed by atoms with Gasteiger partial charge in [0, 0.05) is 12.1 Å². The van der Waals surface area contributed by atoms with Crippen LogP contribution in [0.15, 0.2) is 12.1 Å². The number of fused-ring (bicyclic) bond motifs is 1. The van der Waals surface area contributed by atoms with Crippen LogP contribution in [0.3, 0.4) is 0 Å². The SMILES string of the molecule is NC1(CN2C(=O)c3cc(F)c(F)cc3C2=O)CCC1. The van der Waals surface area contributed by atoms with Crippen LogP contribution >= 0.6 is 0 Å². The van der Waals surface area contributed by atoms with Gasteiger partial charge in [0.2, 0.25) is 0 Å². The van der Waals surface area contributed by atoms with E-state index in [4.69, 9.17) is 5.73 Å². The van der Waals surface area contributed by atoms with Gasteiger partial charge in [-0.3, -0.25) is 14.5 Å². The minimum absolute atomic E-state index is 0.0909. The summed E-state index contributed by atoms with van der Waals surface area (Å²) >= 11 is 0. The van der Waals surface area contributed by atoms with E-state index in [1.165, 1.54) is 0 Å². The van der Waals surface area contributed by atoms with E-state index in [0.29, 0.717) is 0 Å². The van der Waals surface area contributed by atoms with E-state index in [1.807, 2.05) is 0 Å². The molecule has 1 aromatic carbocycles. The number of rotatable bonds is 2. The maximum absolute atomic E-state index is 13.1. The van der Waals surface area contributed by atoms with Gasteiger partial charge in [-0.25, -0.2) is 8.78 Å². The van der Waals surface area contributed by atoms with E-state index in [9.17, 15) is 18.4 Å². The molecule has 1 aliphatic carbocycles. The highest BCUT2D eigenvalue weighted by Crippen LogP contribution is 2.33. The molecular weight excluding hydrogens is 254 g/mol. The number of halogens is 2. The molecule has 1 aromatic rings. The normalized spacial score (nSPS) is 20.5. The summed E-state index contributed by atoms with van der Waals surface area (Å²) in [7, 11) is 0. The molecule has 0 unspecified atom stereocenters. The summed E-state index contributed by atoms with van der Waals surface area (Å²) in [6.07, 6.45) is 2.44. The molecule has 19 heavy (non-hydrogen) atoms. The molecule has 0 atom stereocenters. The van der Waals surface area contributed by atoms with Gasteiger partial charge in [0.25, 0.3) is 11.8 Å². The Labute approximate surface area is 108 Å². The molecule has 1 saturated carbocycles. The van der Waals surface area contributed by atoms with E-state index < -0.39 is 29.0 Å². The van der Waals surface area contributed by atoms with Gasteiger partial charge >= 0.3 is 0 Å². The molecule has 0 aromatic heterocycles. The maximum Gasteiger partial charge on any atom is 0.261 e. The minimum Gasteiger partial charge on any atom is -0.324 e. The molecule has 6 heteroatoms. The number of carbonyl (C=O) groups is 2. The Morgan fingerprint density at radius 3 is 1.95 bits per heavy atom. The van der Waals surface area contributed by atoms with Crippen LogP contribution < -0.4 is 5.73 Å². The first-order valence-electron chi connectivity index (χ1n) is 6.05. The highest BCUT2D eigenvalue weighted by atomic mass is 19.2. The van der Waals surface area contributed by atoms with Gasteiger partial charge in [-0.05, 0) is 31.4 Å². The Morgan fingerprint density at radius 1 is 1.11 bits per heavy atom. The Morgan fingerprint density at radius 2 is 1.58 bits per heavy atom. The Hall–Kier alpha value is -1.82. The molecule has 1 fully saturated rings. The van der Waals surface area contributed by atoms with Crippen molar-refractivity contribution in [3.8, 4) is 0 Å². The van der Waals surface area contributed by atoms with Gasteiger partial charge in [0.15, 0.2) is 11.6 Å². The first-order valence-corrected chi connectivity index (χ1v) is 6.05. The number of benzene rings is 1. The van der Waals surface area contributed by atoms with Crippen LogP contribution in [0.2, 0.25) is 0 Å². The quantitative estimate of drug-likeness (QED) is 0.824. The molecule has 1 aliphatic heterocycles. The maximum atomic E-state index is 13.1. The minimum atomic E-state index is -1.13. The summed E-state index contributed by atoms with van der Waals surface area (Å²) in [4.78, 5) is 25.1. The van der Waals surface area contributed by atoms with E-state index in [-0.39, 0.29) is 17.7 Å². The fourth-order valence-electron chi connectivity index (χ4n) is 2.53. The summed E-state index contributed by atoms with van der Waals surface area (Å²) in [6.45, 7) is 0.0998. The summed E-state index contributed by atoms with van der Waals surface area (Å²) in [5.74, 6) is -3.47. The number of nitrogens with zero attached hydrogens (tertiary/aromatic N) is 1. The summed E-state index contributed by atoms with van der Waals surface area (Å²) in [6, 6.07) is 1.55. The fraction of sp³-hybridized carbons (Fsp3) is 0.385. The number of hydrogen-bond donors (Lipinski definition) is 1. The van der Waals surface area contributed by atoms with Gasteiger partial charge in [-0.1, -0.05) is 0 Å². The first-order chi connectivity index (χ1) is 8.91. The third-order valence-corrected chi connectivity index (χ3v) is 3.83. The largest absolute Gasteiger partial charge is 0.324 e. The standard InChI is InChI=1S/C13H12F2N2O2/c14-9-4-7-8(5-10(9)15)12(19)17(11(7)18)6-13(16)2-1-3-13/h4-5H,1-3,6,16H2. The van der Waals surface area contributed by atoms with Crippen LogP contribution in [-0.2, 0) is 0 Å². The zero-order valence-corrected chi connectivity index (χ0v) is 10.1. The number of nitrogens with two attached hydrogens (primary N) is 1. The van der Waals surface area contributed by atoms with Crippen molar-refractivity contribution in [3.05, 3.63) is 34.9 Å². The lowest BCUT2D eigenvalue weighted by atomic mass is 9.77. The summed E-state index contributed by atoms with van der Waals surface area (Å²) in [5.41, 5.74) is 5.27. The van der Waals surface area contributed by atoms with Crippen LogP contribution in [0.25, 0.3) is 0 Å². The molecule has 0 bridgehead atoms. The second-order valence-electron chi connectivity index (χ2n) is 5.22. The van der Waals surface area contributed by atoms with Crippen LogP contribution in [-0.4, -0.2) is 28.8 Å². The molecule has 0 spiro atoms. The molecule has 4 nitrogen and oxygen atoms in total. The van der Waals surface area contributed by atoms with Gasteiger partial charge in [0.05, 0.1) is 11.1 Å². The van der Waals surface area contributed by atoms with Crippen molar-refractivity contribution in [3.63, 3.8) is 0 Å². The van der Waals surface area contributed by atoms with Crippen molar-refractivity contribution >= 4 is 11.8 Å². The smallest absolute Gasteiger partial charge is 0.261 e. The number of carbonyl (C=O) groups excluding carboxylic acids is 2. The van der Waals surface area contributed by atoms with Crippen molar-refractivity contribution in [2.75, 3.05) is 6.54 Å². The molecule has 2 N–H and O–H groups in total. The molecule has 3 rings (SSSR count). The van der Waals surface area contributed by atoms with Crippen molar-refractivity contribution in [1.82, 2.24) is 4.90 Å². The average molecular weight is 266 g/mol. The Balaban J connectivity index is 1.95. The predicted octanol–water partition coefficient (Wildman–Crippen LogP) is 1.44. The topological polar surface area (TPSA) is 63.4 Å². The summed E-state index contributed by atoms with van der Waals surface area (Å²) < 4.78 is 26.3. The van der Waals surface area contributed by atoms with Crippen LogP contribution in [0.4, 0.5) is 8.78 Å². The lowest BCUT2D eigenvalue weighted by Crippen LogP contribution is -2.56. The average Bonchev–Trinajstić information content (AvgIpc) is 2.54. The molecule has 2 aliphatic rings. The van der Waals surface area contributed by atoms with Gasteiger partial charge in [-0.2, -0.15) is 0 Å². The number of hydrogen-bond acceptors (Lipinski definition) is 3. The molecule has 100 valence electrons. The van der Waals surface area contributed by atoms with Crippen molar-refractivity contribution in [1.29, 1.82) is 0 Å². The van der Waals surface area contributed by atoms with Gasteiger partial charge in [-0.15, -0.1) is 0 Å². The zero-order chi connectivity index (χ0) is 13.8. The molecule has 0 saturated heterocycles. The lowest BCUT2D eigenvalue weighted by molar-refractivity contribution is 0.0572. The summed E-state index contributed by atoms with van der Waals surface area (Å²) in [5, 5.41) is 0. The Bertz CT molecular complexity index is 556. The lowest BCUT2D eigenvalue weighted by Gasteiger charge is -2.40. The third-order valence-electron chi connectivity index (χ3n) is 3.83. The van der Waals surface area contributed by atoms with Crippen LogP contribution in [0.5, 0.6) is 0 Å². The highest BCUT2D eigenvalue weighted by molar-refractivity contribution is 6.21. The highest BCUT2D eigenvalue weighted by Gasteiger charge is 2.43. The molecule has 0 radical (unpaired) electrons. The van der Waals surface area contributed by atoms with Crippen LogP contribution in [0, 0.1) is 11.6 Å². The first kappa shape index (κ1) is 12.2. The van der Waals surface area contributed by atoms with Crippen LogP contribution in [0.1, 0.15) is 40.0 Å². The van der Waals surface area contributed by atoms with Crippen molar-refractivity contribution in [2.24, 2.45) is 5.73 Å². The molecule has 2 amide bonds. The third kappa shape index (κ3) is 1.74. The Kier molecular flexibility index (Phi) is 2.47. The van der Waals surface area contributed by atoms with Gasteiger partial charge < -0.3 is 5.73 Å². The van der Waals surface area contributed by atoms with E-state index in [0.717, 1.165) is 36.3 Å². The second-order valence-corrected chi connectivity index (χ2v) is 5.22. The molecule has 1 heterocycles. The monoisotopic (exact) mass is 266 g/mol. The fourth-order valence-corrected chi connectivity index (χ4v) is 2.53. The van der Waals surface area contributed by atoms with Crippen molar-refractivity contribution < 1.29 is 18.4 Å².